The lowest BCUT2D eigenvalue weighted by molar-refractivity contribution is -0.604. The van der Waals surface area contributed by atoms with Crippen LogP contribution in [0.3, 0.4) is 0 Å². The van der Waals surface area contributed by atoms with Gasteiger partial charge in [0, 0.05) is 31.7 Å². The third-order valence-corrected chi connectivity index (χ3v) is 12.4. The molecule has 1 aromatic rings. The van der Waals surface area contributed by atoms with Crippen molar-refractivity contribution >= 4 is 29.9 Å². The molecule has 1 spiro atoms. The van der Waals surface area contributed by atoms with E-state index < -0.39 is 6.10 Å². The highest BCUT2D eigenvalue weighted by molar-refractivity contribution is 6.05. The van der Waals surface area contributed by atoms with Gasteiger partial charge in [0.1, 0.15) is 19.9 Å². The second-order valence-electron chi connectivity index (χ2n) is 15.0. The van der Waals surface area contributed by atoms with Crippen molar-refractivity contribution < 1.29 is 18.9 Å². The van der Waals surface area contributed by atoms with Crippen LogP contribution in [-0.4, -0.2) is 61.0 Å². The molecular formula is C38H60N3O3+. The standard InChI is InChI=1S/C38H60N3O3/c1-8-15-32-22-30(18-21-38(32,39(6)7)31(9-2)10-3)29-16-17-33-34(23-29)40(25-27(4)41(33)28(5)42)36(43)35-24-37(26-44-35)19-13-11-12-14-20-37/h16-17,23,27,30-32,35H,6,8-15,18-22,24-26H2,1-5,7H3/q+1. The highest BCUT2D eigenvalue weighted by atomic mass is 16.5. The number of carbonyl (C=O) groups is 2. The summed E-state index contributed by atoms with van der Waals surface area (Å²) in [6.07, 6.45) is 16.0. The third kappa shape index (κ3) is 6.01. The van der Waals surface area contributed by atoms with Crippen molar-refractivity contribution in [3.8, 4) is 0 Å². The summed E-state index contributed by atoms with van der Waals surface area (Å²) >= 11 is 0. The van der Waals surface area contributed by atoms with E-state index in [1.807, 2.05) is 9.80 Å². The molecule has 6 nitrogen and oxygen atoms in total. The molecule has 5 unspecified atom stereocenters. The number of anilines is 2. The summed E-state index contributed by atoms with van der Waals surface area (Å²) in [7, 11) is 2.20. The number of hydrogen-bond acceptors (Lipinski definition) is 3. The van der Waals surface area contributed by atoms with Crippen LogP contribution < -0.4 is 9.80 Å². The summed E-state index contributed by atoms with van der Waals surface area (Å²) in [5, 5.41) is 0. The molecule has 0 radical (unpaired) electrons. The molecule has 1 saturated heterocycles. The molecule has 0 aromatic heterocycles. The minimum absolute atomic E-state index is 0.0299. The summed E-state index contributed by atoms with van der Waals surface area (Å²) in [6, 6.07) is 6.54. The maximum Gasteiger partial charge on any atom is 0.256 e. The smallest absolute Gasteiger partial charge is 0.256 e. The Hall–Kier alpha value is -2.21. The van der Waals surface area contributed by atoms with Gasteiger partial charge in [0.15, 0.2) is 5.54 Å². The van der Waals surface area contributed by atoms with Crippen molar-refractivity contribution in [3.63, 3.8) is 0 Å². The maximum absolute atomic E-state index is 14.3. The van der Waals surface area contributed by atoms with E-state index in [2.05, 4.69) is 64.2 Å². The number of hydrogen-bond donors (Lipinski definition) is 0. The van der Waals surface area contributed by atoms with Gasteiger partial charge in [0.25, 0.3) is 5.91 Å². The fourth-order valence-electron chi connectivity index (χ4n) is 10.2. The van der Waals surface area contributed by atoms with Crippen molar-refractivity contribution in [2.24, 2.45) is 17.3 Å². The first kappa shape index (κ1) is 33.2. The quantitative estimate of drug-likeness (QED) is 0.222. The summed E-state index contributed by atoms with van der Waals surface area (Å²) < 4.78 is 8.66. The molecule has 5 atom stereocenters. The molecule has 2 aliphatic carbocycles. The Balaban J connectivity index is 1.46. The molecule has 2 heterocycles. The minimum atomic E-state index is -0.391. The van der Waals surface area contributed by atoms with Crippen molar-refractivity contribution in [2.75, 3.05) is 30.0 Å². The van der Waals surface area contributed by atoms with E-state index in [1.165, 1.54) is 69.8 Å². The Morgan fingerprint density at radius 3 is 2.39 bits per heavy atom. The van der Waals surface area contributed by atoms with Gasteiger partial charge < -0.3 is 14.5 Å². The number of fused-ring (bicyclic) bond motifs is 1. The average molecular weight is 607 g/mol. The van der Waals surface area contributed by atoms with Crippen molar-refractivity contribution in [2.45, 2.75) is 148 Å². The summed E-state index contributed by atoms with van der Waals surface area (Å²) in [4.78, 5) is 31.1. The lowest BCUT2D eigenvalue weighted by Crippen LogP contribution is -2.55. The number of benzene rings is 1. The van der Waals surface area contributed by atoms with Gasteiger partial charge in [0.2, 0.25) is 5.91 Å². The number of amides is 2. The summed E-state index contributed by atoms with van der Waals surface area (Å²) in [5.74, 6) is 1.75. The number of nitrogens with zero attached hydrogens (tertiary/aromatic N) is 3. The normalized spacial score (nSPS) is 30.3. The molecule has 4 aliphatic rings. The lowest BCUT2D eigenvalue weighted by Gasteiger charge is -2.47. The zero-order valence-electron chi connectivity index (χ0n) is 28.7. The van der Waals surface area contributed by atoms with Crippen LogP contribution >= 0.6 is 0 Å². The average Bonchev–Trinajstić information content (AvgIpc) is 3.28. The van der Waals surface area contributed by atoms with Gasteiger partial charge >= 0.3 is 0 Å². The second kappa shape index (κ2) is 13.6. The Morgan fingerprint density at radius 1 is 1.07 bits per heavy atom. The van der Waals surface area contributed by atoms with Gasteiger partial charge in [-0.15, -0.1) is 0 Å². The maximum atomic E-state index is 14.3. The van der Waals surface area contributed by atoms with Crippen LogP contribution in [0.1, 0.15) is 136 Å². The van der Waals surface area contributed by atoms with E-state index in [1.54, 1.807) is 6.92 Å². The van der Waals surface area contributed by atoms with E-state index in [4.69, 9.17) is 4.74 Å². The largest absolute Gasteiger partial charge is 0.368 e. The van der Waals surface area contributed by atoms with Crippen LogP contribution in [0.25, 0.3) is 0 Å². The predicted octanol–water partition coefficient (Wildman–Crippen LogP) is 8.11. The molecular weight excluding hydrogens is 546 g/mol. The Kier molecular flexibility index (Phi) is 10.3. The van der Waals surface area contributed by atoms with Crippen molar-refractivity contribution in [1.82, 2.24) is 0 Å². The van der Waals surface area contributed by atoms with E-state index in [9.17, 15) is 9.59 Å². The monoisotopic (exact) mass is 606 g/mol. The molecule has 3 fully saturated rings. The molecule has 244 valence electrons. The van der Waals surface area contributed by atoms with Crippen LogP contribution in [0.5, 0.6) is 0 Å². The first-order valence-electron chi connectivity index (χ1n) is 18.0. The lowest BCUT2D eigenvalue weighted by atomic mass is 9.59. The highest BCUT2D eigenvalue weighted by Gasteiger charge is 2.54. The van der Waals surface area contributed by atoms with Crippen LogP contribution in [0.4, 0.5) is 11.4 Å². The van der Waals surface area contributed by atoms with E-state index >= 15 is 0 Å². The van der Waals surface area contributed by atoms with Gasteiger partial charge in [-0.1, -0.05) is 58.9 Å². The third-order valence-electron chi connectivity index (χ3n) is 12.4. The molecule has 1 aromatic carbocycles. The fraction of sp³-hybridized carbons (Fsp3) is 0.763. The molecule has 44 heavy (non-hydrogen) atoms. The number of rotatable bonds is 8. The fourth-order valence-corrected chi connectivity index (χ4v) is 10.2. The van der Waals surface area contributed by atoms with Crippen LogP contribution in [0.15, 0.2) is 18.2 Å². The Bertz CT molecular complexity index is 1200. The topological polar surface area (TPSA) is 52.9 Å². The molecule has 2 saturated carbocycles. The van der Waals surface area contributed by atoms with E-state index in [-0.39, 0.29) is 28.8 Å². The molecule has 2 amide bonds. The van der Waals surface area contributed by atoms with E-state index in [0.717, 1.165) is 37.1 Å². The minimum Gasteiger partial charge on any atom is -0.368 e. The van der Waals surface area contributed by atoms with Gasteiger partial charge in [-0.2, -0.15) is 0 Å². The van der Waals surface area contributed by atoms with Gasteiger partial charge in [-0.05, 0) is 87.3 Å². The summed E-state index contributed by atoms with van der Waals surface area (Å²) in [6.45, 7) is 16.4. The van der Waals surface area contributed by atoms with Gasteiger partial charge in [0.05, 0.1) is 24.0 Å². The van der Waals surface area contributed by atoms with Crippen molar-refractivity contribution in [3.05, 3.63) is 23.8 Å². The van der Waals surface area contributed by atoms with Crippen LogP contribution in [-0.2, 0) is 14.3 Å². The predicted molar refractivity (Wildman–Crippen MR) is 181 cm³/mol. The number of carbonyl (C=O) groups excluding carboxylic acids is 2. The van der Waals surface area contributed by atoms with Gasteiger partial charge in [-0.25, -0.2) is 4.58 Å². The molecule has 0 bridgehead atoms. The molecule has 6 heteroatoms. The van der Waals surface area contributed by atoms with E-state index in [0.29, 0.717) is 30.9 Å². The number of ether oxygens (including phenoxy) is 1. The van der Waals surface area contributed by atoms with Crippen LogP contribution in [0.2, 0.25) is 0 Å². The highest BCUT2D eigenvalue weighted by Crippen LogP contribution is 2.52. The second-order valence-corrected chi connectivity index (χ2v) is 15.0. The van der Waals surface area contributed by atoms with Crippen molar-refractivity contribution in [1.29, 1.82) is 0 Å². The SMILES string of the molecule is C=[N+](C)C1(C(CC)CC)CCC(c2ccc3c(c2)N(C(=O)C2CC4(CCCCCC4)CO2)CC(C)N3C(C)=O)CC1CCC. The van der Waals surface area contributed by atoms with Crippen LogP contribution in [0, 0.1) is 17.3 Å². The molecule has 0 N–H and O–H groups in total. The first-order valence-corrected chi connectivity index (χ1v) is 18.0. The Labute approximate surface area is 267 Å². The van der Waals surface area contributed by atoms with Gasteiger partial charge in [-0.3, -0.25) is 9.59 Å². The Morgan fingerprint density at radius 2 is 1.77 bits per heavy atom. The molecule has 5 rings (SSSR count). The zero-order chi connectivity index (χ0) is 31.6. The molecule has 2 aliphatic heterocycles. The summed E-state index contributed by atoms with van der Waals surface area (Å²) in [5.41, 5.74) is 3.34. The first-order chi connectivity index (χ1) is 21.1. The zero-order valence-corrected chi connectivity index (χ0v) is 28.7.